The molecule has 1 rings (SSSR count). The van der Waals surface area contributed by atoms with Gasteiger partial charge in [-0.05, 0) is 37.5 Å². The van der Waals surface area contributed by atoms with Crippen LogP contribution in [0.25, 0.3) is 0 Å². The van der Waals surface area contributed by atoms with Crippen molar-refractivity contribution in [1.82, 2.24) is 0 Å². The molecule has 0 radical (unpaired) electrons. The maximum Gasteiger partial charge on any atom is 0.119 e. The van der Waals surface area contributed by atoms with Gasteiger partial charge in [0.2, 0.25) is 0 Å². The standard InChI is InChI=1S/C13H20O3/c1-3-16-9-5-8-13(14)11-6-4-7-12(10-11)15-2/h4,6-7,10,13-14H,3,5,8-9H2,1-2H3. The molecule has 1 N–H and O–H groups in total. The summed E-state index contributed by atoms with van der Waals surface area (Å²) in [4.78, 5) is 0. The van der Waals surface area contributed by atoms with Gasteiger partial charge >= 0.3 is 0 Å². The minimum Gasteiger partial charge on any atom is -0.497 e. The average Bonchev–Trinajstić information content (AvgIpc) is 2.34. The van der Waals surface area contributed by atoms with Crippen LogP contribution in [0, 0.1) is 0 Å². The highest BCUT2D eigenvalue weighted by molar-refractivity contribution is 5.29. The van der Waals surface area contributed by atoms with Crippen LogP contribution in [-0.4, -0.2) is 25.4 Å². The molecule has 0 heterocycles. The molecule has 3 heteroatoms. The Kier molecular flexibility index (Phi) is 5.90. The molecule has 0 saturated heterocycles. The molecular formula is C13H20O3. The molecule has 0 aliphatic heterocycles. The van der Waals surface area contributed by atoms with Crippen molar-refractivity contribution < 1.29 is 14.6 Å². The Labute approximate surface area is 97.0 Å². The van der Waals surface area contributed by atoms with Crippen LogP contribution < -0.4 is 4.74 Å². The number of methoxy groups -OCH3 is 1. The zero-order chi connectivity index (χ0) is 11.8. The van der Waals surface area contributed by atoms with Gasteiger partial charge in [-0.15, -0.1) is 0 Å². The van der Waals surface area contributed by atoms with Crippen LogP contribution >= 0.6 is 0 Å². The van der Waals surface area contributed by atoms with E-state index in [0.717, 1.165) is 24.3 Å². The van der Waals surface area contributed by atoms with Gasteiger partial charge in [-0.1, -0.05) is 12.1 Å². The predicted octanol–water partition coefficient (Wildman–Crippen LogP) is 2.55. The van der Waals surface area contributed by atoms with E-state index >= 15 is 0 Å². The Morgan fingerprint density at radius 3 is 2.88 bits per heavy atom. The van der Waals surface area contributed by atoms with E-state index in [1.165, 1.54) is 0 Å². The second kappa shape index (κ2) is 7.25. The summed E-state index contributed by atoms with van der Waals surface area (Å²) in [5, 5.41) is 9.93. The molecule has 0 fully saturated rings. The summed E-state index contributed by atoms with van der Waals surface area (Å²) in [5.41, 5.74) is 0.899. The summed E-state index contributed by atoms with van der Waals surface area (Å²) in [6.45, 7) is 3.41. The van der Waals surface area contributed by atoms with Crippen LogP contribution in [-0.2, 0) is 4.74 Å². The van der Waals surface area contributed by atoms with E-state index in [-0.39, 0.29) is 0 Å². The highest BCUT2D eigenvalue weighted by Gasteiger charge is 2.07. The van der Waals surface area contributed by atoms with Crippen LogP contribution in [0.5, 0.6) is 5.75 Å². The third-order valence-electron chi connectivity index (χ3n) is 2.45. The monoisotopic (exact) mass is 224 g/mol. The molecule has 3 nitrogen and oxygen atoms in total. The van der Waals surface area contributed by atoms with Gasteiger partial charge in [-0.25, -0.2) is 0 Å². The Morgan fingerprint density at radius 1 is 1.38 bits per heavy atom. The Bertz CT molecular complexity index is 299. The summed E-state index contributed by atoms with van der Waals surface area (Å²) < 4.78 is 10.3. The molecule has 0 saturated carbocycles. The van der Waals surface area contributed by atoms with Crippen molar-refractivity contribution in [1.29, 1.82) is 0 Å². The largest absolute Gasteiger partial charge is 0.497 e. The minimum absolute atomic E-state index is 0.435. The normalized spacial score (nSPS) is 12.4. The third-order valence-corrected chi connectivity index (χ3v) is 2.45. The number of rotatable bonds is 7. The first-order valence-electron chi connectivity index (χ1n) is 5.67. The lowest BCUT2D eigenvalue weighted by Gasteiger charge is -2.11. The number of hydrogen-bond donors (Lipinski definition) is 1. The first-order chi connectivity index (χ1) is 7.77. The summed E-state index contributed by atoms with van der Waals surface area (Å²) in [6, 6.07) is 7.54. The van der Waals surface area contributed by atoms with Gasteiger partial charge < -0.3 is 14.6 Å². The zero-order valence-corrected chi connectivity index (χ0v) is 9.98. The number of hydrogen-bond acceptors (Lipinski definition) is 3. The van der Waals surface area contributed by atoms with Crippen molar-refractivity contribution in [3.05, 3.63) is 29.8 Å². The third kappa shape index (κ3) is 4.21. The molecule has 0 aliphatic rings. The molecule has 0 aliphatic carbocycles. The quantitative estimate of drug-likeness (QED) is 0.723. The van der Waals surface area contributed by atoms with Crippen molar-refractivity contribution in [3.8, 4) is 5.75 Å². The van der Waals surface area contributed by atoms with Gasteiger partial charge in [0, 0.05) is 13.2 Å². The van der Waals surface area contributed by atoms with Crippen LogP contribution in [0.4, 0.5) is 0 Å². The van der Waals surface area contributed by atoms with Crippen LogP contribution in [0.3, 0.4) is 0 Å². The van der Waals surface area contributed by atoms with Gasteiger partial charge in [-0.2, -0.15) is 0 Å². The van der Waals surface area contributed by atoms with Crippen molar-refractivity contribution in [2.75, 3.05) is 20.3 Å². The van der Waals surface area contributed by atoms with Gasteiger partial charge in [-0.3, -0.25) is 0 Å². The van der Waals surface area contributed by atoms with E-state index in [1.807, 2.05) is 31.2 Å². The summed E-state index contributed by atoms with van der Waals surface area (Å²) in [7, 11) is 1.63. The highest BCUT2D eigenvalue weighted by atomic mass is 16.5. The van der Waals surface area contributed by atoms with E-state index in [0.29, 0.717) is 13.0 Å². The first kappa shape index (κ1) is 13.0. The van der Waals surface area contributed by atoms with Crippen molar-refractivity contribution in [2.24, 2.45) is 0 Å². The lowest BCUT2D eigenvalue weighted by molar-refractivity contribution is 0.114. The van der Waals surface area contributed by atoms with E-state index in [4.69, 9.17) is 9.47 Å². The zero-order valence-electron chi connectivity index (χ0n) is 9.98. The number of ether oxygens (including phenoxy) is 2. The fraction of sp³-hybridized carbons (Fsp3) is 0.538. The van der Waals surface area contributed by atoms with E-state index in [2.05, 4.69) is 0 Å². The molecule has 1 aromatic carbocycles. The average molecular weight is 224 g/mol. The Hall–Kier alpha value is -1.06. The van der Waals surface area contributed by atoms with Crippen LogP contribution in [0.15, 0.2) is 24.3 Å². The summed E-state index contributed by atoms with van der Waals surface area (Å²) >= 11 is 0. The second-order valence-corrected chi connectivity index (χ2v) is 3.63. The summed E-state index contributed by atoms with van der Waals surface area (Å²) in [5.74, 6) is 0.779. The second-order valence-electron chi connectivity index (χ2n) is 3.63. The Balaban J connectivity index is 2.42. The molecule has 1 atom stereocenters. The smallest absolute Gasteiger partial charge is 0.119 e. The van der Waals surface area contributed by atoms with E-state index < -0.39 is 6.10 Å². The minimum atomic E-state index is -0.435. The van der Waals surface area contributed by atoms with Crippen LogP contribution in [0.2, 0.25) is 0 Å². The van der Waals surface area contributed by atoms with E-state index in [9.17, 15) is 5.11 Å². The van der Waals surface area contributed by atoms with Gasteiger partial charge in [0.1, 0.15) is 5.75 Å². The number of benzene rings is 1. The Morgan fingerprint density at radius 2 is 2.19 bits per heavy atom. The van der Waals surface area contributed by atoms with Crippen LogP contribution in [0.1, 0.15) is 31.4 Å². The molecule has 0 spiro atoms. The molecular weight excluding hydrogens is 204 g/mol. The number of aliphatic hydroxyl groups excluding tert-OH is 1. The van der Waals surface area contributed by atoms with Gasteiger partial charge in [0.05, 0.1) is 13.2 Å². The molecule has 1 aromatic rings. The highest BCUT2D eigenvalue weighted by Crippen LogP contribution is 2.22. The maximum atomic E-state index is 9.93. The predicted molar refractivity (Wildman–Crippen MR) is 63.7 cm³/mol. The topological polar surface area (TPSA) is 38.7 Å². The molecule has 1 unspecified atom stereocenters. The number of aliphatic hydroxyl groups is 1. The maximum absolute atomic E-state index is 9.93. The fourth-order valence-electron chi connectivity index (χ4n) is 1.54. The van der Waals surface area contributed by atoms with E-state index in [1.54, 1.807) is 7.11 Å². The molecule has 0 bridgehead atoms. The molecule has 0 aromatic heterocycles. The van der Waals surface area contributed by atoms with Gasteiger partial charge in [0.15, 0.2) is 0 Å². The van der Waals surface area contributed by atoms with Crippen molar-refractivity contribution in [3.63, 3.8) is 0 Å². The lowest BCUT2D eigenvalue weighted by Crippen LogP contribution is -2.01. The van der Waals surface area contributed by atoms with Crippen molar-refractivity contribution >= 4 is 0 Å². The lowest BCUT2D eigenvalue weighted by atomic mass is 10.1. The summed E-state index contributed by atoms with van der Waals surface area (Å²) in [6.07, 6.45) is 1.15. The first-order valence-corrected chi connectivity index (χ1v) is 5.67. The SMILES string of the molecule is CCOCCCC(O)c1cccc(OC)c1. The molecule has 16 heavy (non-hydrogen) atoms. The molecule has 90 valence electrons. The molecule has 0 amide bonds. The van der Waals surface area contributed by atoms with Gasteiger partial charge in [0.25, 0.3) is 0 Å². The van der Waals surface area contributed by atoms with Crippen molar-refractivity contribution in [2.45, 2.75) is 25.9 Å². The fourth-order valence-corrected chi connectivity index (χ4v) is 1.54.